The van der Waals surface area contributed by atoms with E-state index in [9.17, 15) is 4.79 Å². The summed E-state index contributed by atoms with van der Waals surface area (Å²) in [5.41, 5.74) is 1.55. The van der Waals surface area contributed by atoms with Crippen molar-refractivity contribution >= 4 is 5.91 Å². The summed E-state index contributed by atoms with van der Waals surface area (Å²) in [6, 6.07) is 13.0. The van der Waals surface area contributed by atoms with Gasteiger partial charge in [0.15, 0.2) is 23.4 Å². The van der Waals surface area contributed by atoms with Crippen molar-refractivity contribution in [1.29, 1.82) is 0 Å². The lowest BCUT2D eigenvalue weighted by Gasteiger charge is -2.20. The molecule has 3 aromatic rings. The monoisotopic (exact) mass is 423 g/mol. The molecule has 162 valence electrons. The summed E-state index contributed by atoms with van der Waals surface area (Å²) < 4.78 is 18.7. The number of nitrogens with zero attached hydrogens (tertiary/aromatic N) is 4. The number of ether oxygens (including phenoxy) is 3. The summed E-state index contributed by atoms with van der Waals surface area (Å²) in [6.07, 6.45) is 0.0813. The number of hydrogen-bond acceptors (Lipinski definition) is 7. The molecule has 0 bridgehead atoms. The van der Waals surface area contributed by atoms with Crippen LogP contribution in [0.3, 0.4) is 0 Å². The SMILES string of the molecule is COc1ccc(-n2nnnc2CNC(=O)C(C)Oc2cccc3c2OC(C)(C)C3)cc1. The number of fused-ring (bicyclic) bond motifs is 1. The van der Waals surface area contributed by atoms with Crippen molar-refractivity contribution in [1.82, 2.24) is 25.5 Å². The number of para-hydroxylation sites is 1. The Hall–Kier alpha value is -3.62. The molecule has 31 heavy (non-hydrogen) atoms. The maximum Gasteiger partial charge on any atom is 0.261 e. The number of rotatable bonds is 7. The van der Waals surface area contributed by atoms with E-state index in [0.29, 0.717) is 17.3 Å². The van der Waals surface area contributed by atoms with E-state index in [4.69, 9.17) is 14.2 Å². The summed E-state index contributed by atoms with van der Waals surface area (Å²) >= 11 is 0. The van der Waals surface area contributed by atoms with Crippen molar-refractivity contribution in [2.75, 3.05) is 7.11 Å². The molecule has 9 heteroatoms. The van der Waals surface area contributed by atoms with Crippen LogP contribution in [0.1, 0.15) is 32.2 Å². The average Bonchev–Trinajstić information content (AvgIpc) is 3.35. The predicted octanol–water partition coefficient (Wildman–Crippen LogP) is 2.47. The fraction of sp³-hybridized carbons (Fsp3) is 0.364. The molecular weight excluding hydrogens is 398 g/mol. The second-order valence-electron chi connectivity index (χ2n) is 7.97. The largest absolute Gasteiger partial charge is 0.497 e. The zero-order valence-corrected chi connectivity index (χ0v) is 18.0. The lowest BCUT2D eigenvalue weighted by molar-refractivity contribution is -0.127. The normalized spacial score (nSPS) is 15.0. The molecule has 9 nitrogen and oxygen atoms in total. The standard InChI is InChI=1S/C22H25N5O4/c1-14(30-18-7-5-6-15-12-22(2,3)31-20(15)18)21(28)23-13-19-24-25-26-27(19)16-8-10-17(29-4)11-9-16/h5-11,14H,12-13H2,1-4H3,(H,23,28). The van der Waals surface area contributed by atoms with Crippen LogP contribution < -0.4 is 19.5 Å². The zero-order chi connectivity index (χ0) is 22.0. The summed E-state index contributed by atoms with van der Waals surface area (Å²) in [7, 11) is 1.60. The number of nitrogens with one attached hydrogen (secondary N) is 1. The molecular formula is C22H25N5O4. The van der Waals surface area contributed by atoms with E-state index in [1.54, 1.807) is 18.7 Å². The third-order valence-corrected chi connectivity index (χ3v) is 5.00. The van der Waals surface area contributed by atoms with E-state index < -0.39 is 6.10 Å². The van der Waals surface area contributed by atoms with Gasteiger partial charge in [0.1, 0.15) is 11.4 Å². The first-order chi connectivity index (χ1) is 14.9. The molecule has 1 amide bonds. The molecule has 2 aromatic carbocycles. The van der Waals surface area contributed by atoms with Gasteiger partial charge in [-0.15, -0.1) is 5.10 Å². The van der Waals surface area contributed by atoms with Gasteiger partial charge in [0.05, 0.1) is 19.3 Å². The van der Waals surface area contributed by atoms with Crippen LogP contribution >= 0.6 is 0 Å². The number of aromatic nitrogens is 4. The van der Waals surface area contributed by atoms with Gasteiger partial charge in [0.2, 0.25) is 0 Å². The fourth-order valence-corrected chi connectivity index (χ4v) is 3.47. The molecule has 1 aromatic heterocycles. The number of benzene rings is 2. The molecule has 0 saturated heterocycles. The van der Waals surface area contributed by atoms with Crippen molar-refractivity contribution in [3.8, 4) is 22.9 Å². The van der Waals surface area contributed by atoms with E-state index >= 15 is 0 Å². The highest BCUT2D eigenvalue weighted by Crippen LogP contribution is 2.42. The van der Waals surface area contributed by atoms with Gasteiger partial charge in [-0.25, -0.2) is 0 Å². The van der Waals surface area contributed by atoms with Crippen LogP contribution in [-0.2, 0) is 17.8 Å². The Labute approximate surface area is 180 Å². The van der Waals surface area contributed by atoms with Crippen LogP contribution in [-0.4, -0.2) is 44.9 Å². The number of carbonyl (C=O) groups excluding carboxylic acids is 1. The topological polar surface area (TPSA) is 100 Å². The van der Waals surface area contributed by atoms with Crippen LogP contribution in [0.5, 0.6) is 17.2 Å². The van der Waals surface area contributed by atoms with Gasteiger partial charge in [-0.2, -0.15) is 4.68 Å². The number of methoxy groups -OCH3 is 1. The third-order valence-electron chi connectivity index (χ3n) is 5.00. The Balaban J connectivity index is 1.39. The van der Waals surface area contributed by atoms with E-state index in [2.05, 4.69) is 20.8 Å². The van der Waals surface area contributed by atoms with E-state index in [1.165, 1.54) is 0 Å². The van der Waals surface area contributed by atoms with Crippen molar-refractivity contribution in [2.24, 2.45) is 0 Å². The number of tetrazole rings is 1. The van der Waals surface area contributed by atoms with Gasteiger partial charge >= 0.3 is 0 Å². The minimum absolute atomic E-state index is 0.155. The molecule has 2 heterocycles. The molecule has 0 radical (unpaired) electrons. The number of hydrogen-bond donors (Lipinski definition) is 1. The molecule has 1 aliphatic heterocycles. The second kappa shape index (κ2) is 8.25. The summed E-state index contributed by atoms with van der Waals surface area (Å²) in [5.74, 6) is 2.22. The van der Waals surface area contributed by atoms with E-state index in [1.807, 2.05) is 56.3 Å². The highest BCUT2D eigenvalue weighted by atomic mass is 16.5. The summed E-state index contributed by atoms with van der Waals surface area (Å²) in [4.78, 5) is 12.6. The molecule has 4 rings (SSSR count). The average molecular weight is 423 g/mol. The smallest absolute Gasteiger partial charge is 0.261 e. The lowest BCUT2D eigenvalue weighted by atomic mass is 10.0. The highest BCUT2D eigenvalue weighted by molar-refractivity contribution is 5.80. The van der Waals surface area contributed by atoms with Crippen molar-refractivity contribution < 1.29 is 19.0 Å². The first kappa shape index (κ1) is 20.6. The summed E-state index contributed by atoms with van der Waals surface area (Å²) in [6.45, 7) is 5.91. The molecule has 1 atom stereocenters. The van der Waals surface area contributed by atoms with Gasteiger partial charge in [-0.1, -0.05) is 12.1 Å². The Kier molecular flexibility index (Phi) is 5.50. The second-order valence-corrected chi connectivity index (χ2v) is 7.97. The van der Waals surface area contributed by atoms with Crippen LogP contribution in [0.25, 0.3) is 5.69 Å². The van der Waals surface area contributed by atoms with Crippen molar-refractivity contribution in [3.63, 3.8) is 0 Å². The Morgan fingerprint density at radius 2 is 2.03 bits per heavy atom. The van der Waals surface area contributed by atoms with Gasteiger partial charge in [0.25, 0.3) is 5.91 Å². The minimum atomic E-state index is -0.718. The number of carbonyl (C=O) groups is 1. The van der Waals surface area contributed by atoms with E-state index in [-0.39, 0.29) is 18.1 Å². The predicted molar refractivity (Wildman–Crippen MR) is 112 cm³/mol. The first-order valence-corrected chi connectivity index (χ1v) is 10.0. The highest BCUT2D eigenvalue weighted by Gasteiger charge is 2.33. The quantitative estimate of drug-likeness (QED) is 0.623. The maximum atomic E-state index is 12.6. The molecule has 1 unspecified atom stereocenters. The van der Waals surface area contributed by atoms with E-state index in [0.717, 1.165) is 23.4 Å². The molecule has 1 aliphatic rings. The molecule has 0 spiro atoms. The minimum Gasteiger partial charge on any atom is -0.497 e. The van der Waals surface area contributed by atoms with Crippen LogP contribution in [0.2, 0.25) is 0 Å². The zero-order valence-electron chi connectivity index (χ0n) is 18.0. The third kappa shape index (κ3) is 4.45. The van der Waals surface area contributed by atoms with Gasteiger partial charge in [0, 0.05) is 12.0 Å². The van der Waals surface area contributed by atoms with Gasteiger partial charge in [-0.3, -0.25) is 4.79 Å². The van der Waals surface area contributed by atoms with Crippen LogP contribution in [0.15, 0.2) is 42.5 Å². The molecule has 0 saturated carbocycles. The molecule has 0 aliphatic carbocycles. The lowest BCUT2D eigenvalue weighted by Crippen LogP contribution is -2.36. The Morgan fingerprint density at radius 1 is 1.26 bits per heavy atom. The van der Waals surface area contributed by atoms with Gasteiger partial charge < -0.3 is 19.5 Å². The number of amides is 1. The molecule has 0 fully saturated rings. The summed E-state index contributed by atoms with van der Waals surface area (Å²) in [5, 5.41) is 14.6. The van der Waals surface area contributed by atoms with Gasteiger partial charge in [-0.05, 0) is 61.5 Å². The molecule has 1 N–H and O–H groups in total. The van der Waals surface area contributed by atoms with Crippen molar-refractivity contribution in [3.05, 3.63) is 53.9 Å². The van der Waals surface area contributed by atoms with Crippen LogP contribution in [0, 0.1) is 0 Å². The first-order valence-electron chi connectivity index (χ1n) is 10.0. The van der Waals surface area contributed by atoms with Crippen LogP contribution in [0.4, 0.5) is 0 Å². The maximum absolute atomic E-state index is 12.6. The fourth-order valence-electron chi connectivity index (χ4n) is 3.47. The Bertz CT molecular complexity index is 1080. The van der Waals surface area contributed by atoms with Crippen molar-refractivity contribution in [2.45, 2.75) is 45.4 Å². The Morgan fingerprint density at radius 3 is 2.77 bits per heavy atom.